The Kier molecular flexibility index (Phi) is 4.31. The van der Waals surface area contributed by atoms with E-state index in [1.807, 2.05) is 67.6 Å². The van der Waals surface area contributed by atoms with Crippen molar-refractivity contribution in [1.29, 1.82) is 0 Å². The molecule has 110 valence electrons. The van der Waals surface area contributed by atoms with Gasteiger partial charge in [0.05, 0.1) is 17.3 Å². The van der Waals surface area contributed by atoms with Gasteiger partial charge in [0.15, 0.2) is 0 Å². The molecule has 1 atom stereocenters. The molecule has 0 fully saturated rings. The third-order valence-corrected chi connectivity index (χ3v) is 3.75. The van der Waals surface area contributed by atoms with Gasteiger partial charge in [0, 0.05) is 5.39 Å². The summed E-state index contributed by atoms with van der Waals surface area (Å²) in [5.41, 5.74) is 3.95. The number of aliphatic hydroxyl groups is 1. The van der Waals surface area contributed by atoms with Gasteiger partial charge in [0.2, 0.25) is 0 Å². The number of fused-ring (bicyclic) bond motifs is 1. The summed E-state index contributed by atoms with van der Waals surface area (Å²) in [6.07, 6.45) is 4.36. The van der Waals surface area contributed by atoms with E-state index < -0.39 is 6.10 Å². The number of aliphatic hydroxyl groups excluding tert-OH is 1. The predicted octanol–water partition coefficient (Wildman–Crippen LogP) is 4.85. The van der Waals surface area contributed by atoms with Crippen LogP contribution in [0.25, 0.3) is 23.1 Å². The molecule has 3 aromatic rings. The van der Waals surface area contributed by atoms with Crippen LogP contribution in [0, 0.1) is 0 Å². The van der Waals surface area contributed by atoms with Gasteiger partial charge < -0.3 is 5.11 Å². The van der Waals surface area contributed by atoms with Crippen molar-refractivity contribution in [2.45, 2.75) is 19.4 Å². The SMILES string of the molecule is CCC(O)c1cccc(C=Cc2ccc3ccccc3n2)c1. The lowest BCUT2D eigenvalue weighted by atomic mass is 10.0. The van der Waals surface area contributed by atoms with Crippen molar-refractivity contribution in [1.82, 2.24) is 4.98 Å². The van der Waals surface area contributed by atoms with Gasteiger partial charge in [-0.2, -0.15) is 0 Å². The summed E-state index contributed by atoms with van der Waals surface area (Å²) in [5.74, 6) is 0. The number of pyridine rings is 1. The summed E-state index contributed by atoms with van der Waals surface area (Å²) >= 11 is 0. The van der Waals surface area contributed by atoms with Crippen molar-refractivity contribution >= 4 is 23.1 Å². The fourth-order valence-corrected chi connectivity index (χ4v) is 2.46. The normalized spacial score (nSPS) is 12.8. The number of hydrogen-bond acceptors (Lipinski definition) is 2. The number of nitrogens with zero attached hydrogens (tertiary/aromatic N) is 1. The highest BCUT2D eigenvalue weighted by molar-refractivity contribution is 5.80. The van der Waals surface area contributed by atoms with Gasteiger partial charge in [-0.1, -0.05) is 55.5 Å². The summed E-state index contributed by atoms with van der Waals surface area (Å²) in [6.45, 7) is 1.98. The predicted molar refractivity (Wildman–Crippen MR) is 92.4 cm³/mol. The lowest BCUT2D eigenvalue weighted by Gasteiger charge is -2.08. The molecule has 0 spiro atoms. The molecular formula is C20H19NO. The van der Waals surface area contributed by atoms with Gasteiger partial charge in [-0.15, -0.1) is 0 Å². The van der Waals surface area contributed by atoms with E-state index in [1.54, 1.807) is 0 Å². The van der Waals surface area contributed by atoms with E-state index in [0.717, 1.165) is 34.1 Å². The molecule has 0 aliphatic heterocycles. The lowest BCUT2D eigenvalue weighted by Crippen LogP contribution is -1.94. The second kappa shape index (κ2) is 6.54. The molecule has 2 heteroatoms. The van der Waals surface area contributed by atoms with E-state index in [0.29, 0.717) is 0 Å². The monoisotopic (exact) mass is 289 g/mol. The highest BCUT2D eigenvalue weighted by Gasteiger charge is 2.03. The minimum absolute atomic E-state index is 0.396. The van der Waals surface area contributed by atoms with Crippen molar-refractivity contribution in [3.63, 3.8) is 0 Å². The van der Waals surface area contributed by atoms with Crippen molar-refractivity contribution < 1.29 is 5.11 Å². The van der Waals surface area contributed by atoms with Crippen molar-refractivity contribution in [3.8, 4) is 0 Å². The molecule has 22 heavy (non-hydrogen) atoms. The van der Waals surface area contributed by atoms with Crippen LogP contribution in [0.2, 0.25) is 0 Å². The van der Waals surface area contributed by atoms with Crippen LogP contribution >= 0.6 is 0 Å². The average Bonchev–Trinajstić information content (AvgIpc) is 2.59. The maximum atomic E-state index is 9.92. The van der Waals surface area contributed by atoms with E-state index in [-0.39, 0.29) is 0 Å². The van der Waals surface area contributed by atoms with Gasteiger partial charge in [0.25, 0.3) is 0 Å². The Labute approximate surface area is 130 Å². The molecule has 0 saturated heterocycles. The summed E-state index contributed by atoms with van der Waals surface area (Å²) in [7, 11) is 0. The molecule has 1 N–H and O–H groups in total. The molecule has 1 aromatic heterocycles. The first kappa shape index (κ1) is 14.5. The van der Waals surface area contributed by atoms with Crippen LogP contribution < -0.4 is 0 Å². The first-order chi connectivity index (χ1) is 10.8. The van der Waals surface area contributed by atoms with Crippen LogP contribution in [0.1, 0.15) is 36.3 Å². The minimum Gasteiger partial charge on any atom is -0.388 e. The topological polar surface area (TPSA) is 33.1 Å². The summed E-state index contributed by atoms with van der Waals surface area (Å²) < 4.78 is 0. The third-order valence-electron chi connectivity index (χ3n) is 3.75. The minimum atomic E-state index is -0.396. The Morgan fingerprint density at radius 2 is 1.86 bits per heavy atom. The lowest BCUT2D eigenvalue weighted by molar-refractivity contribution is 0.173. The molecule has 3 rings (SSSR count). The quantitative estimate of drug-likeness (QED) is 0.745. The number of benzene rings is 2. The molecule has 2 nitrogen and oxygen atoms in total. The van der Waals surface area contributed by atoms with Gasteiger partial charge >= 0.3 is 0 Å². The molecule has 0 aliphatic carbocycles. The molecule has 0 amide bonds. The van der Waals surface area contributed by atoms with Gasteiger partial charge in [-0.25, -0.2) is 4.98 Å². The number of rotatable bonds is 4. The zero-order chi connectivity index (χ0) is 15.4. The first-order valence-electron chi connectivity index (χ1n) is 7.58. The van der Waals surface area contributed by atoms with E-state index in [9.17, 15) is 5.11 Å². The number of aromatic nitrogens is 1. The highest BCUT2D eigenvalue weighted by Crippen LogP contribution is 2.19. The zero-order valence-electron chi connectivity index (χ0n) is 12.6. The van der Waals surface area contributed by atoms with E-state index >= 15 is 0 Å². The largest absolute Gasteiger partial charge is 0.388 e. The van der Waals surface area contributed by atoms with Crippen molar-refractivity contribution in [3.05, 3.63) is 77.5 Å². The Balaban J connectivity index is 1.86. The molecule has 0 saturated carbocycles. The Morgan fingerprint density at radius 3 is 2.73 bits per heavy atom. The number of para-hydroxylation sites is 1. The fourth-order valence-electron chi connectivity index (χ4n) is 2.46. The van der Waals surface area contributed by atoms with Crippen LogP contribution in [-0.4, -0.2) is 10.1 Å². The summed E-state index contributed by atoms with van der Waals surface area (Å²) in [5, 5.41) is 11.1. The van der Waals surface area contributed by atoms with Gasteiger partial charge in [-0.3, -0.25) is 0 Å². The second-order valence-corrected chi connectivity index (χ2v) is 5.36. The highest BCUT2D eigenvalue weighted by atomic mass is 16.3. The van der Waals surface area contributed by atoms with Crippen LogP contribution in [-0.2, 0) is 0 Å². The molecule has 2 aromatic carbocycles. The molecule has 0 bridgehead atoms. The Morgan fingerprint density at radius 1 is 1.00 bits per heavy atom. The van der Waals surface area contributed by atoms with Gasteiger partial charge in [-0.05, 0) is 41.8 Å². The average molecular weight is 289 g/mol. The van der Waals surface area contributed by atoms with E-state index in [4.69, 9.17) is 0 Å². The van der Waals surface area contributed by atoms with Crippen LogP contribution in [0.15, 0.2) is 60.7 Å². The van der Waals surface area contributed by atoms with E-state index in [2.05, 4.69) is 17.1 Å². The molecule has 1 unspecified atom stereocenters. The van der Waals surface area contributed by atoms with Crippen LogP contribution in [0.5, 0.6) is 0 Å². The van der Waals surface area contributed by atoms with Crippen molar-refractivity contribution in [2.24, 2.45) is 0 Å². The third kappa shape index (κ3) is 3.23. The summed E-state index contributed by atoms with van der Waals surface area (Å²) in [4.78, 5) is 4.63. The molecule has 1 heterocycles. The zero-order valence-corrected chi connectivity index (χ0v) is 12.6. The molecule has 0 aliphatic rings. The Hall–Kier alpha value is -2.45. The molecular weight excluding hydrogens is 270 g/mol. The van der Waals surface area contributed by atoms with E-state index in [1.165, 1.54) is 0 Å². The van der Waals surface area contributed by atoms with Crippen molar-refractivity contribution in [2.75, 3.05) is 0 Å². The van der Waals surface area contributed by atoms with Crippen LogP contribution in [0.3, 0.4) is 0 Å². The summed E-state index contributed by atoms with van der Waals surface area (Å²) in [6, 6.07) is 20.2. The fraction of sp³-hybridized carbons (Fsp3) is 0.150. The van der Waals surface area contributed by atoms with Gasteiger partial charge in [0.1, 0.15) is 0 Å². The second-order valence-electron chi connectivity index (χ2n) is 5.36. The Bertz CT molecular complexity index is 807. The first-order valence-corrected chi connectivity index (χ1v) is 7.58. The smallest absolute Gasteiger partial charge is 0.0787 e. The maximum absolute atomic E-state index is 9.92. The van der Waals surface area contributed by atoms with Crippen LogP contribution in [0.4, 0.5) is 0 Å². The standard InChI is InChI=1S/C20H19NO/c1-2-20(22)17-8-5-6-15(14-17)10-12-18-13-11-16-7-3-4-9-19(16)21-18/h3-14,20,22H,2H2,1H3. The molecule has 0 radical (unpaired) electrons. The number of hydrogen-bond donors (Lipinski definition) is 1. The maximum Gasteiger partial charge on any atom is 0.0787 e.